The number of aryl methyl sites for hydroxylation is 1. The van der Waals surface area contributed by atoms with Gasteiger partial charge in [-0.2, -0.15) is 4.68 Å². The van der Waals surface area contributed by atoms with Gasteiger partial charge in [-0.3, -0.25) is 4.79 Å². The molecule has 1 aromatic heterocycles. The first kappa shape index (κ1) is 15.5. The maximum absolute atomic E-state index is 12.7. The molecule has 1 heterocycles. The lowest BCUT2D eigenvalue weighted by atomic mass is 10.1. The van der Waals surface area contributed by atoms with Gasteiger partial charge in [0.2, 0.25) is 0 Å². The van der Waals surface area contributed by atoms with E-state index in [0.717, 1.165) is 5.56 Å². The van der Waals surface area contributed by atoms with Crippen molar-refractivity contribution in [1.29, 1.82) is 0 Å². The number of tetrazole rings is 1. The second-order valence-electron chi connectivity index (χ2n) is 4.83. The van der Waals surface area contributed by atoms with Crippen LogP contribution >= 0.6 is 23.2 Å². The first-order valence-electron chi connectivity index (χ1n) is 6.65. The summed E-state index contributed by atoms with van der Waals surface area (Å²) in [4.78, 5) is 12.7. The van der Waals surface area contributed by atoms with Gasteiger partial charge < -0.3 is 5.32 Å². The first-order valence-corrected chi connectivity index (χ1v) is 7.40. The smallest absolute Gasteiger partial charge is 0.257 e. The summed E-state index contributed by atoms with van der Waals surface area (Å²) in [5.74, 6) is -0.330. The highest BCUT2D eigenvalue weighted by Gasteiger charge is 2.15. The van der Waals surface area contributed by atoms with Crippen LogP contribution in [0.3, 0.4) is 0 Å². The lowest BCUT2D eigenvalue weighted by molar-refractivity contribution is 0.102. The summed E-state index contributed by atoms with van der Waals surface area (Å²) < 4.78 is 1.40. The second-order valence-corrected chi connectivity index (χ2v) is 5.70. The lowest BCUT2D eigenvalue weighted by Gasteiger charge is -2.12. The van der Waals surface area contributed by atoms with Crippen LogP contribution in [-0.4, -0.2) is 26.1 Å². The average molecular weight is 348 g/mol. The van der Waals surface area contributed by atoms with Gasteiger partial charge in [-0.1, -0.05) is 29.3 Å². The Labute approximate surface area is 142 Å². The Bertz CT molecular complexity index is 864. The van der Waals surface area contributed by atoms with E-state index in [4.69, 9.17) is 23.2 Å². The number of carbonyl (C=O) groups is 1. The van der Waals surface area contributed by atoms with E-state index in [9.17, 15) is 4.79 Å². The quantitative estimate of drug-likeness (QED) is 0.786. The van der Waals surface area contributed by atoms with E-state index >= 15 is 0 Å². The molecule has 0 aliphatic carbocycles. The van der Waals surface area contributed by atoms with Gasteiger partial charge in [-0.25, -0.2) is 0 Å². The number of hydrogen-bond donors (Lipinski definition) is 1. The normalized spacial score (nSPS) is 10.6. The van der Waals surface area contributed by atoms with E-state index in [1.165, 1.54) is 11.0 Å². The number of nitrogens with one attached hydrogen (secondary N) is 1. The molecule has 0 radical (unpaired) electrons. The molecule has 0 unspecified atom stereocenters. The van der Waals surface area contributed by atoms with Gasteiger partial charge >= 0.3 is 0 Å². The van der Waals surface area contributed by atoms with Crippen LogP contribution in [0, 0.1) is 6.92 Å². The summed E-state index contributed by atoms with van der Waals surface area (Å²) in [6.07, 6.45) is 1.41. The molecular weight excluding hydrogens is 337 g/mol. The van der Waals surface area contributed by atoms with Crippen molar-refractivity contribution in [2.24, 2.45) is 0 Å². The second kappa shape index (κ2) is 6.36. The van der Waals surface area contributed by atoms with Gasteiger partial charge in [-0.15, -0.1) is 5.10 Å². The summed E-state index contributed by atoms with van der Waals surface area (Å²) >= 11 is 12.0. The van der Waals surface area contributed by atoms with Crippen LogP contribution in [-0.2, 0) is 0 Å². The van der Waals surface area contributed by atoms with Gasteiger partial charge in [0.15, 0.2) is 0 Å². The zero-order valence-electron chi connectivity index (χ0n) is 12.0. The highest BCUT2D eigenvalue weighted by atomic mass is 35.5. The van der Waals surface area contributed by atoms with Crippen LogP contribution in [0.25, 0.3) is 5.69 Å². The van der Waals surface area contributed by atoms with Crippen molar-refractivity contribution in [3.05, 3.63) is 63.9 Å². The fraction of sp³-hybridized carbons (Fsp3) is 0.0667. The highest BCUT2D eigenvalue weighted by Crippen LogP contribution is 2.23. The third kappa shape index (κ3) is 3.33. The monoisotopic (exact) mass is 347 g/mol. The van der Waals surface area contributed by atoms with Gasteiger partial charge in [0.05, 0.1) is 11.3 Å². The number of nitrogens with zero attached hydrogens (tertiary/aromatic N) is 4. The van der Waals surface area contributed by atoms with Crippen molar-refractivity contribution >= 4 is 34.8 Å². The van der Waals surface area contributed by atoms with Crippen LogP contribution in [0.2, 0.25) is 10.0 Å². The molecule has 3 rings (SSSR count). The molecule has 1 amide bonds. The van der Waals surface area contributed by atoms with Gasteiger partial charge in [-0.05, 0) is 53.2 Å². The molecule has 6 nitrogen and oxygen atoms in total. The molecule has 8 heteroatoms. The number of halogens is 2. The molecule has 0 aliphatic rings. The number of hydrogen-bond acceptors (Lipinski definition) is 4. The molecule has 3 aromatic rings. The molecule has 2 aromatic carbocycles. The third-order valence-corrected chi connectivity index (χ3v) is 3.72. The predicted molar refractivity (Wildman–Crippen MR) is 88.3 cm³/mol. The summed E-state index contributed by atoms with van der Waals surface area (Å²) in [6.45, 7) is 1.88. The van der Waals surface area contributed by atoms with Crippen molar-refractivity contribution < 1.29 is 4.79 Å². The number of benzene rings is 2. The molecular formula is C15H11Cl2N5O. The average Bonchev–Trinajstić information content (AvgIpc) is 3.05. The van der Waals surface area contributed by atoms with Crippen molar-refractivity contribution in [1.82, 2.24) is 20.2 Å². The van der Waals surface area contributed by atoms with Crippen LogP contribution < -0.4 is 5.32 Å². The third-order valence-electron chi connectivity index (χ3n) is 3.25. The topological polar surface area (TPSA) is 72.7 Å². The standard InChI is InChI=1S/C15H11Cl2N5O/c1-9-2-3-11(17)7-13(9)19-15(23)12-6-10(16)4-5-14(12)22-8-18-20-21-22/h2-8H,1H3,(H,19,23). The minimum atomic E-state index is -0.330. The molecule has 23 heavy (non-hydrogen) atoms. The number of rotatable bonds is 3. The molecule has 0 aliphatic heterocycles. The Morgan fingerprint density at radius 1 is 1.13 bits per heavy atom. The van der Waals surface area contributed by atoms with Gasteiger partial charge in [0, 0.05) is 15.7 Å². The SMILES string of the molecule is Cc1ccc(Cl)cc1NC(=O)c1cc(Cl)ccc1-n1cnnn1. The van der Waals surface area contributed by atoms with Crippen molar-refractivity contribution in [3.63, 3.8) is 0 Å². The molecule has 0 bridgehead atoms. The maximum atomic E-state index is 12.7. The van der Waals surface area contributed by atoms with Crippen LogP contribution in [0.15, 0.2) is 42.7 Å². The van der Waals surface area contributed by atoms with Crippen LogP contribution in [0.5, 0.6) is 0 Å². The van der Waals surface area contributed by atoms with E-state index in [0.29, 0.717) is 27.0 Å². The summed E-state index contributed by atoms with van der Waals surface area (Å²) in [7, 11) is 0. The summed E-state index contributed by atoms with van der Waals surface area (Å²) in [5.41, 5.74) is 2.40. The molecule has 0 saturated carbocycles. The zero-order chi connectivity index (χ0) is 16.4. The van der Waals surface area contributed by atoms with Gasteiger partial charge in [0.1, 0.15) is 6.33 Å². The van der Waals surface area contributed by atoms with Crippen LogP contribution in [0.4, 0.5) is 5.69 Å². The van der Waals surface area contributed by atoms with E-state index in [1.54, 1.807) is 30.3 Å². The van der Waals surface area contributed by atoms with Crippen molar-refractivity contribution in [2.75, 3.05) is 5.32 Å². The molecule has 116 valence electrons. The van der Waals surface area contributed by atoms with E-state index in [1.807, 2.05) is 13.0 Å². The van der Waals surface area contributed by atoms with Crippen LogP contribution in [0.1, 0.15) is 15.9 Å². The lowest BCUT2D eigenvalue weighted by Crippen LogP contribution is -2.16. The first-order chi connectivity index (χ1) is 11.0. The largest absolute Gasteiger partial charge is 0.322 e. The summed E-state index contributed by atoms with van der Waals surface area (Å²) in [5, 5.41) is 14.8. The molecule has 0 spiro atoms. The summed E-state index contributed by atoms with van der Waals surface area (Å²) in [6, 6.07) is 10.2. The molecule has 0 atom stereocenters. The van der Waals surface area contributed by atoms with Crippen molar-refractivity contribution in [3.8, 4) is 5.69 Å². The number of carbonyl (C=O) groups excluding carboxylic acids is 1. The van der Waals surface area contributed by atoms with E-state index in [2.05, 4.69) is 20.8 Å². The maximum Gasteiger partial charge on any atom is 0.257 e. The Hall–Kier alpha value is -2.44. The Morgan fingerprint density at radius 3 is 2.61 bits per heavy atom. The zero-order valence-corrected chi connectivity index (χ0v) is 13.5. The van der Waals surface area contributed by atoms with E-state index < -0.39 is 0 Å². The minimum Gasteiger partial charge on any atom is -0.322 e. The highest BCUT2D eigenvalue weighted by molar-refractivity contribution is 6.31. The van der Waals surface area contributed by atoms with Crippen molar-refractivity contribution in [2.45, 2.75) is 6.92 Å². The van der Waals surface area contributed by atoms with E-state index in [-0.39, 0.29) is 5.91 Å². The fourth-order valence-corrected chi connectivity index (χ4v) is 2.42. The Balaban J connectivity index is 1.99. The number of aromatic nitrogens is 4. The Morgan fingerprint density at radius 2 is 1.87 bits per heavy atom. The number of anilines is 1. The minimum absolute atomic E-state index is 0.330. The number of amides is 1. The molecule has 0 saturated heterocycles. The Kier molecular flexibility index (Phi) is 4.27. The molecule has 1 N–H and O–H groups in total. The van der Waals surface area contributed by atoms with Gasteiger partial charge in [0.25, 0.3) is 5.91 Å². The predicted octanol–water partition coefficient (Wildman–Crippen LogP) is 3.53. The fourth-order valence-electron chi connectivity index (χ4n) is 2.08. The molecule has 0 fully saturated rings.